The van der Waals surface area contributed by atoms with Crippen LogP contribution in [0.2, 0.25) is 0 Å². The van der Waals surface area contributed by atoms with Crippen LogP contribution in [0.25, 0.3) is 0 Å². The molecule has 0 saturated heterocycles. The molecule has 0 aliphatic heterocycles. The lowest BCUT2D eigenvalue weighted by Crippen LogP contribution is -2.25. The first-order chi connectivity index (χ1) is 7.24. The second-order valence-corrected chi connectivity index (χ2v) is 4.19. The molecule has 90 valence electrons. The predicted octanol–water partition coefficient (Wildman–Crippen LogP) is 0.944. The van der Waals surface area contributed by atoms with Gasteiger partial charge < -0.3 is 14.7 Å². The van der Waals surface area contributed by atoms with Gasteiger partial charge in [0.05, 0.1) is 6.61 Å². The summed E-state index contributed by atoms with van der Waals surface area (Å²) in [5.41, 5.74) is 0. The van der Waals surface area contributed by atoms with E-state index in [1.807, 2.05) is 0 Å². The van der Waals surface area contributed by atoms with Crippen molar-refractivity contribution in [2.45, 2.75) is 20.3 Å². The van der Waals surface area contributed by atoms with Gasteiger partial charge in [-0.25, -0.2) is 0 Å². The molecular formula is C10H21NO3S. The Morgan fingerprint density at radius 3 is 2.60 bits per heavy atom. The molecular weight excluding hydrogens is 214 g/mol. The summed E-state index contributed by atoms with van der Waals surface area (Å²) in [7, 11) is 0. The van der Waals surface area contributed by atoms with Crippen LogP contribution in [0.1, 0.15) is 20.3 Å². The topological polar surface area (TPSA) is 49.8 Å². The Balaban J connectivity index is 3.40. The zero-order chi connectivity index (χ0) is 11.5. The molecule has 0 aromatic carbocycles. The van der Waals surface area contributed by atoms with E-state index < -0.39 is 0 Å². The number of ether oxygens (including phenoxy) is 1. The fourth-order valence-electron chi connectivity index (χ4n) is 1.14. The minimum atomic E-state index is -0.270. The summed E-state index contributed by atoms with van der Waals surface area (Å²) in [4.78, 5) is 13.6. The van der Waals surface area contributed by atoms with Gasteiger partial charge in [-0.3, -0.25) is 4.79 Å². The second kappa shape index (κ2) is 10.4. The Bertz CT molecular complexity index is 163. The van der Waals surface area contributed by atoms with Crippen LogP contribution in [0.5, 0.6) is 0 Å². The van der Waals surface area contributed by atoms with Crippen LogP contribution in [0.3, 0.4) is 0 Å². The van der Waals surface area contributed by atoms with Crippen LogP contribution in [-0.2, 0) is 9.53 Å². The highest BCUT2D eigenvalue weighted by Crippen LogP contribution is 2.06. The average Bonchev–Trinajstić information content (AvgIpc) is 2.26. The average molecular weight is 235 g/mol. The van der Waals surface area contributed by atoms with Crippen molar-refractivity contribution in [2.24, 2.45) is 0 Å². The maximum atomic E-state index is 11.4. The van der Waals surface area contributed by atoms with E-state index in [2.05, 4.69) is 18.7 Å². The highest BCUT2D eigenvalue weighted by Gasteiger charge is 2.05. The van der Waals surface area contributed by atoms with E-state index >= 15 is 0 Å². The van der Waals surface area contributed by atoms with Crippen LogP contribution in [0, 0.1) is 0 Å². The molecule has 1 N–H and O–H groups in total. The van der Waals surface area contributed by atoms with Gasteiger partial charge in [0, 0.05) is 18.7 Å². The van der Waals surface area contributed by atoms with Crippen LogP contribution in [0.15, 0.2) is 0 Å². The van der Waals surface area contributed by atoms with Gasteiger partial charge in [-0.05, 0) is 13.1 Å². The van der Waals surface area contributed by atoms with Gasteiger partial charge in [-0.1, -0.05) is 25.6 Å². The summed E-state index contributed by atoms with van der Waals surface area (Å²) in [6.45, 7) is 7.16. The lowest BCUT2D eigenvalue weighted by atomic mass is 10.4. The first kappa shape index (κ1) is 14.9. The number of hydrogen-bond acceptors (Lipinski definition) is 5. The molecule has 0 bridgehead atoms. The number of nitrogens with zero attached hydrogens (tertiary/aromatic N) is 1. The number of hydrogen-bond donors (Lipinski definition) is 1. The van der Waals surface area contributed by atoms with E-state index in [9.17, 15) is 4.79 Å². The number of rotatable bonds is 9. The number of aliphatic hydroxyl groups excluding tert-OH is 1. The summed E-state index contributed by atoms with van der Waals surface area (Å²) in [5, 5.41) is 8.55. The third-order valence-electron chi connectivity index (χ3n) is 2.11. The minimum Gasteiger partial charge on any atom is -0.371 e. The predicted molar refractivity (Wildman–Crippen MR) is 62.9 cm³/mol. The van der Waals surface area contributed by atoms with Gasteiger partial charge >= 0.3 is 0 Å². The molecule has 5 heteroatoms. The molecule has 0 unspecified atom stereocenters. The molecule has 0 fully saturated rings. The monoisotopic (exact) mass is 235 g/mol. The second-order valence-electron chi connectivity index (χ2n) is 3.03. The van der Waals surface area contributed by atoms with Gasteiger partial charge in [0.2, 0.25) is 0 Å². The van der Waals surface area contributed by atoms with Crippen molar-refractivity contribution in [3.63, 3.8) is 0 Å². The van der Waals surface area contributed by atoms with Crippen molar-refractivity contribution in [3.05, 3.63) is 0 Å². The van der Waals surface area contributed by atoms with Crippen molar-refractivity contribution in [3.8, 4) is 0 Å². The van der Waals surface area contributed by atoms with E-state index in [1.54, 1.807) is 0 Å². The van der Waals surface area contributed by atoms with Crippen molar-refractivity contribution in [1.29, 1.82) is 0 Å². The number of aliphatic hydroxyl groups is 1. The summed E-state index contributed by atoms with van der Waals surface area (Å²) in [6, 6.07) is 0. The summed E-state index contributed by atoms with van der Waals surface area (Å²) < 4.78 is 4.72. The quantitative estimate of drug-likeness (QED) is 0.476. The Labute approximate surface area is 96.0 Å². The lowest BCUT2D eigenvalue weighted by Gasteiger charge is -2.16. The number of carbonyl (C=O) groups is 1. The van der Waals surface area contributed by atoms with Crippen LogP contribution < -0.4 is 0 Å². The van der Waals surface area contributed by atoms with Gasteiger partial charge in [0.15, 0.2) is 5.12 Å². The first-order valence-electron chi connectivity index (χ1n) is 5.31. The molecule has 0 spiro atoms. The Morgan fingerprint density at radius 1 is 1.40 bits per heavy atom. The van der Waals surface area contributed by atoms with Crippen molar-refractivity contribution >= 4 is 16.9 Å². The maximum Gasteiger partial charge on any atom is 0.190 e. The molecule has 0 aliphatic carbocycles. The molecule has 4 nitrogen and oxygen atoms in total. The van der Waals surface area contributed by atoms with Crippen molar-refractivity contribution < 1.29 is 14.6 Å². The van der Waals surface area contributed by atoms with Gasteiger partial charge in [0.25, 0.3) is 0 Å². The molecule has 0 aromatic rings. The van der Waals surface area contributed by atoms with Crippen LogP contribution in [-0.4, -0.2) is 53.9 Å². The molecule has 15 heavy (non-hydrogen) atoms. The van der Waals surface area contributed by atoms with Crippen LogP contribution >= 0.6 is 11.8 Å². The van der Waals surface area contributed by atoms with E-state index in [1.165, 1.54) is 11.8 Å². The summed E-state index contributed by atoms with van der Waals surface area (Å²) in [5.74, 6) is 0.623. The number of carbonyl (C=O) groups excluding carboxylic acids is 1. The van der Waals surface area contributed by atoms with Gasteiger partial charge in [0.1, 0.15) is 6.79 Å². The lowest BCUT2D eigenvalue weighted by molar-refractivity contribution is -0.111. The smallest absolute Gasteiger partial charge is 0.190 e. The molecule has 0 amide bonds. The van der Waals surface area contributed by atoms with Crippen LogP contribution in [0.4, 0.5) is 0 Å². The Hall–Kier alpha value is -0.100. The Kier molecular flexibility index (Phi) is 10.3. The zero-order valence-electron chi connectivity index (χ0n) is 9.57. The van der Waals surface area contributed by atoms with E-state index in [-0.39, 0.29) is 11.9 Å². The number of thioether (sulfide) groups is 1. The summed E-state index contributed by atoms with van der Waals surface area (Å²) >= 11 is 1.28. The van der Waals surface area contributed by atoms with Gasteiger partial charge in [-0.2, -0.15) is 0 Å². The molecule has 0 radical (unpaired) electrons. The Morgan fingerprint density at radius 2 is 2.07 bits per heavy atom. The summed E-state index contributed by atoms with van der Waals surface area (Å²) in [6.07, 6.45) is 0.589. The third-order valence-corrected chi connectivity index (χ3v) is 3.01. The molecule has 0 aromatic heterocycles. The van der Waals surface area contributed by atoms with E-state index in [0.717, 1.165) is 19.6 Å². The molecule has 0 rings (SSSR count). The van der Waals surface area contributed by atoms with Crippen molar-refractivity contribution in [2.75, 3.05) is 38.8 Å². The SMILES string of the molecule is CCN(CC)CCC(=O)SCCOCO. The zero-order valence-corrected chi connectivity index (χ0v) is 10.4. The molecule has 0 aliphatic rings. The van der Waals surface area contributed by atoms with E-state index in [4.69, 9.17) is 9.84 Å². The molecule has 0 atom stereocenters. The van der Waals surface area contributed by atoms with Gasteiger partial charge in [-0.15, -0.1) is 0 Å². The molecule has 0 saturated carbocycles. The van der Waals surface area contributed by atoms with E-state index in [0.29, 0.717) is 18.8 Å². The van der Waals surface area contributed by atoms with Crippen molar-refractivity contribution in [1.82, 2.24) is 4.90 Å². The fraction of sp³-hybridized carbons (Fsp3) is 0.900. The largest absolute Gasteiger partial charge is 0.371 e. The third kappa shape index (κ3) is 8.87. The normalized spacial score (nSPS) is 10.9. The first-order valence-corrected chi connectivity index (χ1v) is 6.29. The minimum absolute atomic E-state index is 0.198. The standard InChI is InChI=1S/C10H21NO3S/c1-3-11(4-2)6-5-10(13)15-8-7-14-9-12/h12H,3-9H2,1-2H3. The fourth-order valence-corrected chi connectivity index (χ4v) is 1.80. The maximum absolute atomic E-state index is 11.4. The highest BCUT2D eigenvalue weighted by atomic mass is 32.2. The highest BCUT2D eigenvalue weighted by molar-refractivity contribution is 8.13. The molecule has 0 heterocycles.